The summed E-state index contributed by atoms with van der Waals surface area (Å²) in [5.74, 6) is 0.686. The van der Waals surface area contributed by atoms with E-state index in [0.717, 1.165) is 9.88 Å². The van der Waals surface area contributed by atoms with Crippen LogP contribution in [0.4, 0.5) is 0 Å². The summed E-state index contributed by atoms with van der Waals surface area (Å²) in [5.41, 5.74) is 1.38. The zero-order valence-electron chi connectivity index (χ0n) is 18.0. The van der Waals surface area contributed by atoms with Crippen molar-refractivity contribution < 1.29 is 17.9 Å². The molecular formula is C23H21N5O4S2. The fourth-order valence-corrected chi connectivity index (χ4v) is 4.38. The number of nitrogens with zero attached hydrogens (tertiary/aromatic N) is 3. The van der Waals surface area contributed by atoms with Crippen LogP contribution in [0.5, 0.6) is 11.6 Å². The Labute approximate surface area is 202 Å². The van der Waals surface area contributed by atoms with Crippen LogP contribution in [0.1, 0.15) is 37.5 Å². The van der Waals surface area contributed by atoms with Crippen molar-refractivity contribution in [3.63, 3.8) is 0 Å². The van der Waals surface area contributed by atoms with Crippen molar-refractivity contribution >= 4 is 28.1 Å². The van der Waals surface area contributed by atoms with Crippen LogP contribution < -0.4 is 14.8 Å². The minimum atomic E-state index is -2.91. The van der Waals surface area contributed by atoms with Gasteiger partial charge in [-0.3, -0.25) is 9.78 Å². The molecular weight excluding hydrogens is 474 g/mol. The first-order valence-corrected chi connectivity index (χ1v) is 12.2. The van der Waals surface area contributed by atoms with Gasteiger partial charge in [-0.15, -0.1) is 11.3 Å². The van der Waals surface area contributed by atoms with Crippen LogP contribution in [0.2, 0.25) is 0 Å². The third-order valence-electron chi connectivity index (χ3n) is 4.74. The maximum Gasteiger partial charge on any atom is 0.270 e. The average molecular weight is 496 g/mol. The molecule has 2 N–H and O–H groups in total. The molecule has 0 aliphatic carbocycles. The minimum absolute atomic E-state index is 0.222. The number of nitrogens with one attached hydrogen (secondary N) is 2. The molecule has 9 nitrogen and oxygen atoms in total. The Hall–Kier alpha value is -3.67. The summed E-state index contributed by atoms with van der Waals surface area (Å²) in [5, 5.41) is 3.73. The van der Waals surface area contributed by atoms with E-state index >= 15 is 0 Å². The smallest absolute Gasteiger partial charge is 0.270 e. The van der Waals surface area contributed by atoms with Gasteiger partial charge < -0.3 is 10.1 Å². The zero-order valence-corrected chi connectivity index (χ0v) is 19.8. The van der Waals surface area contributed by atoms with Crippen LogP contribution >= 0.6 is 11.3 Å². The van der Waals surface area contributed by atoms with Gasteiger partial charge in [0.2, 0.25) is 16.8 Å². The number of rotatable bonds is 9. The Morgan fingerprint density at radius 1 is 0.971 bits per heavy atom. The minimum Gasteiger partial charge on any atom is -0.439 e. The highest BCUT2D eigenvalue weighted by molar-refractivity contribution is 7.70. The molecule has 1 aromatic carbocycles. The lowest BCUT2D eigenvalue weighted by Gasteiger charge is -2.16. The second kappa shape index (κ2) is 11.0. The number of hydrogen-bond acceptors (Lipinski definition) is 8. The van der Waals surface area contributed by atoms with Gasteiger partial charge in [0.15, 0.2) is 0 Å². The van der Waals surface area contributed by atoms with Crippen LogP contribution in [0.25, 0.3) is 0 Å². The summed E-state index contributed by atoms with van der Waals surface area (Å²) in [6.07, 6.45) is 4.73. The van der Waals surface area contributed by atoms with Gasteiger partial charge in [-0.1, -0.05) is 30.3 Å². The molecule has 4 rings (SSSR count). The molecule has 0 spiro atoms. The van der Waals surface area contributed by atoms with Crippen molar-refractivity contribution in [3.05, 3.63) is 99.9 Å². The highest BCUT2D eigenvalue weighted by Crippen LogP contribution is 2.24. The third kappa shape index (κ3) is 6.22. The van der Waals surface area contributed by atoms with E-state index in [-0.39, 0.29) is 11.6 Å². The average Bonchev–Trinajstić information content (AvgIpc) is 3.27. The zero-order chi connectivity index (χ0) is 23.9. The quantitative estimate of drug-likeness (QED) is 0.305. The summed E-state index contributed by atoms with van der Waals surface area (Å²) in [6, 6.07) is 15.1. The van der Waals surface area contributed by atoms with E-state index in [0.29, 0.717) is 29.3 Å². The van der Waals surface area contributed by atoms with Crippen molar-refractivity contribution in [2.75, 3.05) is 0 Å². The molecule has 0 saturated heterocycles. The number of thiol groups is 1. The predicted octanol–water partition coefficient (Wildman–Crippen LogP) is 3.17. The van der Waals surface area contributed by atoms with Gasteiger partial charge in [0.1, 0.15) is 11.4 Å². The van der Waals surface area contributed by atoms with E-state index in [1.54, 1.807) is 30.5 Å². The molecule has 0 saturated carbocycles. The molecule has 0 aliphatic rings. The SMILES string of the molecule is Cc1ncc(CNC(=O)c2ccc(C(N[SH](=O)=O)c3ccc(Oc4ccccc4)nc3)cn2)s1. The first-order valence-electron chi connectivity index (χ1n) is 10.2. The fourth-order valence-electron chi connectivity index (χ4n) is 3.13. The van der Waals surface area contributed by atoms with Gasteiger partial charge in [0.05, 0.1) is 17.6 Å². The Morgan fingerprint density at radius 2 is 1.71 bits per heavy atom. The fraction of sp³-hybridized carbons (Fsp3) is 0.130. The van der Waals surface area contributed by atoms with Crippen LogP contribution in [0.15, 0.2) is 73.2 Å². The van der Waals surface area contributed by atoms with Crippen molar-refractivity contribution in [1.29, 1.82) is 0 Å². The molecule has 1 unspecified atom stereocenters. The summed E-state index contributed by atoms with van der Waals surface area (Å²) in [6.45, 7) is 2.26. The molecule has 3 heterocycles. The highest BCUT2D eigenvalue weighted by Gasteiger charge is 2.17. The molecule has 0 aliphatic heterocycles. The molecule has 1 amide bonds. The molecule has 11 heteroatoms. The maximum atomic E-state index is 12.4. The topological polar surface area (TPSA) is 123 Å². The van der Waals surface area contributed by atoms with E-state index in [9.17, 15) is 13.2 Å². The lowest BCUT2D eigenvalue weighted by molar-refractivity contribution is 0.0946. The standard InChI is InChI=1S/C23H21N5O4S2/c1-15-24-13-19(33-15)14-27-23(29)20-9-7-16(11-25-20)22(28-34(30)31)17-8-10-21(26-12-17)32-18-5-3-2-4-6-18/h2-13,22,34H,14H2,1H3,(H,27,29)(H,28,30,31). The van der Waals surface area contributed by atoms with Gasteiger partial charge in [-0.2, -0.15) is 0 Å². The van der Waals surface area contributed by atoms with Gasteiger partial charge in [-0.05, 0) is 36.2 Å². The number of pyridine rings is 2. The summed E-state index contributed by atoms with van der Waals surface area (Å²) in [4.78, 5) is 26.0. The Bertz CT molecular complexity index is 1320. The summed E-state index contributed by atoms with van der Waals surface area (Å²) < 4.78 is 31.1. The number of carbonyl (C=O) groups excluding carboxylic acids is 1. The Balaban J connectivity index is 1.47. The van der Waals surface area contributed by atoms with E-state index in [1.807, 2.05) is 37.3 Å². The van der Waals surface area contributed by atoms with E-state index in [2.05, 4.69) is 25.0 Å². The van der Waals surface area contributed by atoms with Gasteiger partial charge in [-0.25, -0.2) is 23.1 Å². The summed E-state index contributed by atoms with van der Waals surface area (Å²) in [7, 11) is -2.91. The van der Waals surface area contributed by atoms with Crippen molar-refractivity contribution in [2.45, 2.75) is 19.5 Å². The summed E-state index contributed by atoms with van der Waals surface area (Å²) >= 11 is 1.51. The second-order valence-electron chi connectivity index (χ2n) is 7.17. The molecule has 1 atom stereocenters. The highest BCUT2D eigenvalue weighted by atomic mass is 32.2. The molecule has 4 aromatic rings. The lowest BCUT2D eigenvalue weighted by atomic mass is 10.0. The van der Waals surface area contributed by atoms with Crippen molar-refractivity contribution in [3.8, 4) is 11.6 Å². The van der Waals surface area contributed by atoms with Crippen LogP contribution in [-0.2, 0) is 17.4 Å². The molecule has 174 valence electrons. The molecule has 34 heavy (non-hydrogen) atoms. The number of hydrogen-bond donors (Lipinski definition) is 3. The van der Waals surface area contributed by atoms with Crippen LogP contribution in [0, 0.1) is 6.92 Å². The molecule has 0 bridgehead atoms. The van der Waals surface area contributed by atoms with Crippen molar-refractivity contribution in [2.24, 2.45) is 0 Å². The first-order chi connectivity index (χ1) is 16.5. The molecule has 0 radical (unpaired) electrons. The molecule has 3 aromatic heterocycles. The monoisotopic (exact) mass is 495 g/mol. The number of para-hydroxylation sites is 1. The first kappa shape index (κ1) is 23.5. The van der Waals surface area contributed by atoms with E-state index in [4.69, 9.17) is 4.74 Å². The normalized spacial score (nSPS) is 11.8. The largest absolute Gasteiger partial charge is 0.439 e. The van der Waals surface area contributed by atoms with Crippen LogP contribution in [0.3, 0.4) is 0 Å². The maximum absolute atomic E-state index is 12.4. The van der Waals surface area contributed by atoms with E-state index in [1.165, 1.54) is 23.7 Å². The van der Waals surface area contributed by atoms with E-state index < -0.39 is 16.9 Å². The second-order valence-corrected chi connectivity index (χ2v) is 9.26. The number of carbonyl (C=O) groups is 1. The van der Waals surface area contributed by atoms with Gasteiger partial charge >= 0.3 is 0 Å². The Morgan fingerprint density at radius 3 is 2.29 bits per heavy atom. The molecule has 0 fully saturated rings. The lowest BCUT2D eigenvalue weighted by Crippen LogP contribution is -2.24. The Kier molecular flexibility index (Phi) is 7.58. The third-order valence-corrected chi connectivity index (χ3v) is 6.12. The number of aryl methyl sites for hydroxylation is 1. The predicted molar refractivity (Wildman–Crippen MR) is 128 cm³/mol. The van der Waals surface area contributed by atoms with Gasteiger partial charge in [0.25, 0.3) is 5.91 Å². The number of thiazole rings is 1. The number of ether oxygens (including phenoxy) is 1. The number of aromatic nitrogens is 3. The van der Waals surface area contributed by atoms with Crippen LogP contribution in [-0.4, -0.2) is 29.3 Å². The number of benzene rings is 1. The van der Waals surface area contributed by atoms with Crippen molar-refractivity contribution in [1.82, 2.24) is 25.0 Å². The van der Waals surface area contributed by atoms with Gasteiger partial charge in [0, 0.05) is 29.5 Å². The number of amides is 1.